The number of rotatable bonds is 25. The first kappa shape index (κ1) is 63.7. The van der Waals surface area contributed by atoms with Crippen LogP contribution in [-0.2, 0) is 27.8 Å². The Morgan fingerprint density at radius 2 is 1.14 bits per heavy atom. The highest BCUT2D eigenvalue weighted by Gasteiger charge is 2.57. The van der Waals surface area contributed by atoms with E-state index < -0.39 is 25.5 Å². The van der Waals surface area contributed by atoms with Crippen molar-refractivity contribution in [3.8, 4) is 5.75 Å². The lowest BCUT2D eigenvalue weighted by atomic mass is 9.53. The van der Waals surface area contributed by atoms with Gasteiger partial charge in [0.25, 0.3) is 8.32 Å². The van der Waals surface area contributed by atoms with E-state index in [0.717, 1.165) is 87.1 Å². The van der Waals surface area contributed by atoms with E-state index in [1.54, 1.807) is 7.11 Å². The van der Waals surface area contributed by atoms with E-state index in [-0.39, 0.29) is 11.0 Å². The number of methoxy groups -OCH3 is 1. The third-order valence-electron chi connectivity index (χ3n) is 21.1. The second-order valence-corrected chi connectivity index (χ2v) is 32.4. The molecule has 1 atom stereocenters. The first-order valence-electron chi connectivity index (χ1n) is 33.7. The summed E-state index contributed by atoms with van der Waals surface area (Å²) in [4.78, 5) is 8.50. The highest BCUT2D eigenvalue weighted by Crippen LogP contribution is 2.56. The van der Waals surface area contributed by atoms with Crippen LogP contribution in [0, 0.1) is 0 Å². The van der Waals surface area contributed by atoms with Crippen molar-refractivity contribution in [2.75, 3.05) is 32.1 Å². The van der Waals surface area contributed by atoms with Gasteiger partial charge in [0, 0.05) is 48.5 Å². The number of aliphatic hydroxyl groups excluding tert-OH is 1. The Labute approximate surface area is 556 Å². The van der Waals surface area contributed by atoms with Crippen LogP contribution < -0.4 is 9.74 Å². The van der Waals surface area contributed by atoms with Crippen molar-refractivity contribution in [2.24, 2.45) is 0 Å². The molecule has 0 amide bonds. The number of aromatic nitrogens is 6. The maximum absolute atomic E-state index is 12.5. The average molecular weight is 1260 g/mol. The number of ether oxygens (including phenoxy) is 1. The van der Waals surface area contributed by atoms with Crippen molar-refractivity contribution in [3.63, 3.8) is 0 Å². The predicted molar refractivity (Wildman–Crippen MR) is 383 cm³/mol. The topological polar surface area (TPSA) is 115 Å². The molecule has 94 heavy (non-hydrogen) atoms. The summed E-state index contributed by atoms with van der Waals surface area (Å²) in [5.41, 5.74) is 11.0. The second-order valence-electron chi connectivity index (χ2n) is 27.0. The molecular formula is C82H88N8O3Si. The number of pyridine rings is 1. The number of anilines is 1. The van der Waals surface area contributed by atoms with Crippen LogP contribution in [0.5, 0.6) is 5.75 Å². The fourth-order valence-electron chi connectivity index (χ4n) is 16.6. The smallest absolute Gasteiger partial charge is 0.258 e. The number of hydrogen-bond donors (Lipinski definition) is 2. The van der Waals surface area contributed by atoms with Gasteiger partial charge < -0.3 is 19.6 Å². The van der Waals surface area contributed by atoms with Gasteiger partial charge in [0.2, 0.25) is 0 Å². The molecule has 0 spiro atoms. The first-order chi connectivity index (χ1) is 45.8. The molecule has 3 saturated carbocycles. The summed E-state index contributed by atoms with van der Waals surface area (Å²) < 4.78 is 17.4. The highest BCUT2D eigenvalue weighted by atomic mass is 28.4. The summed E-state index contributed by atoms with van der Waals surface area (Å²) in [7, 11) is -0.463. The molecule has 3 heterocycles. The monoisotopic (exact) mass is 1260 g/mol. The molecule has 11 aromatic rings. The maximum atomic E-state index is 12.5. The van der Waals surface area contributed by atoms with Crippen molar-refractivity contribution in [1.29, 1.82) is 0 Å². The number of benzene rings is 8. The lowest BCUT2D eigenvalue weighted by Crippen LogP contribution is -2.64. The van der Waals surface area contributed by atoms with E-state index in [2.05, 4.69) is 311 Å². The summed E-state index contributed by atoms with van der Waals surface area (Å²) in [6.07, 6.45) is 10.4. The van der Waals surface area contributed by atoms with Gasteiger partial charge in [0.05, 0.1) is 25.5 Å². The minimum absolute atomic E-state index is 0.277. The van der Waals surface area contributed by atoms with Gasteiger partial charge in [-0.25, -0.2) is 9.67 Å². The fourth-order valence-corrected chi connectivity index (χ4v) is 21.8. The maximum Gasteiger partial charge on any atom is 0.258 e. The SMILES string of the molecule is COCCN(C/C=C(\c1cnn(Cc2cccc(O[Si](C(C)C)(C(C)C)C(C)C)c2)c1)c1cc(NC(c2ccccc2)(c2ccccc2)c2ccccc2)nc2c1nnn2C(c1ccccc1)(c1ccccc1)c1ccccc1)C12CCC(c3ccccc3)(CC1)[C@H](O)C2. The van der Waals surface area contributed by atoms with Gasteiger partial charge in [-0.15, -0.1) is 5.10 Å². The predicted octanol–water partition coefficient (Wildman–Crippen LogP) is 17.3. The largest absolute Gasteiger partial charge is 0.543 e. The standard InChI is InChI=1S/C82H88N8O3Si/c1-60(2)94(61(3)4,62(5)6)93-72-45-29-30-63(54-72)58-89-59-64(57-83-89)73(46-51-88(52-53-92-7)79-47-49-80(50-48-79,75(91)56-79)65-31-15-8-16-32-65)74-55-76(85-81(66-33-17-9-18-34-66,67-35-19-10-20-36-67)68-37-21-11-22-38-68)84-78-77(74)86-87-90(78)82(69-39-23-12-24-40-69,70-41-25-13-26-42-70)71-43-27-14-28-44-71/h8-46,54-55,57,59-62,75,91H,47-53,56,58H2,1-7H3,(H,84,85)/b73-46+/t75-,79?,80?/m1/s1. The van der Waals surface area contributed by atoms with Crippen molar-refractivity contribution < 1.29 is 14.3 Å². The summed E-state index contributed by atoms with van der Waals surface area (Å²) in [5, 5.41) is 32.8. The van der Waals surface area contributed by atoms with Gasteiger partial charge in [0.15, 0.2) is 5.65 Å². The molecule has 0 saturated heterocycles. The zero-order valence-corrected chi connectivity index (χ0v) is 56.4. The molecule has 0 aliphatic heterocycles. The average Bonchev–Trinajstić information content (AvgIpc) is 1.24. The molecule has 2 bridgehead atoms. The Hall–Kier alpha value is -9.04. The lowest BCUT2D eigenvalue weighted by Gasteiger charge is -2.60. The van der Waals surface area contributed by atoms with E-state index in [0.29, 0.717) is 66.3 Å². The minimum Gasteiger partial charge on any atom is -0.543 e. The molecular weight excluding hydrogens is 1170 g/mol. The fraction of sp³-hybridized carbons (Fsp3) is 0.293. The van der Waals surface area contributed by atoms with Gasteiger partial charge in [-0.3, -0.25) is 9.58 Å². The molecule has 8 aromatic carbocycles. The van der Waals surface area contributed by atoms with Crippen LogP contribution in [0.2, 0.25) is 16.6 Å². The number of nitrogens with zero attached hydrogens (tertiary/aromatic N) is 7. The van der Waals surface area contributed by atoms with E-state index in [1.165, 1.54) is 5.56 Å². The van der Waals surface area contributed by atoms with Gasteiger partial charge >= 0.3 is 0 Å². The molecule has 0 radical (unpaired) electrons. The van der Waals surface area contributed by atoms with Gasteiger partial charge in [-0.05, 0) is 117 Å². The molecule has 14 rings (SSSR count). The summed E-state index contributed by atoms with van der Waals surface area (Å²) in [5.74, 6) is 1.53. The van der Waals surface area contributed by atoms with Crippen LogP contribution in [-0.4, -0.2) is 86.5 Å². The van der Waals surface area contributed by atoms with Crippen molar-refractivity contribution in [1.82, 2.24) is 34.7 Å². The van der Waals surface area contributed by atoms with Gasteiger partial charge in [-0.1, -0.05) is 277 Å². The zero-order valence-electron chi connectivity index (χ0n) is 55.4. The van der Waals surface area contributed by atoms with Crippen LogP contribution >= 0.6 is 0 Å². The zero-order chi connectivity index (χ0) is 64.9. The van der Waals surface area contributed by atoms with Crippen LogP contribution in [0.1, 0.15) is 129 Å². The number of hydrogen-bond acceptors (Lipinski definition) is 9. The van der Waals surface area contributed by atoms with E-state index >= 15 is 0 Å². The number of fused-ring (bicyclic) bond motifs is 4. The lowest BCUT2D eigenvalue weighted by molar-refractivity contribution is -0.0998. The molecule has 11 nitrogen and oxygen atoms in total. The third kappa shape index (κ3) is 11.6. The van der Waals surface area contributed by atoms with E-state index in [9.17, 15) is 5.11 Å². The second kappa shape index (κ2) is 27.1. The Morgan fingerprint density at radius 3 is 1.63 bits per heavy atom. The molecule has 2 N–H and O–H groups in total. The van der Waals surface area contributed by atoms with Crippen molar-refractivity contribution in [2.45, 2.75) is 125 Å². The molecule has 478 valence electrons. The Kier molecular flexibility index (Phi) is 18.4. The third-order valence-corrected chi connectivity index (χ3v) is 27.1. The molecule has 3 fully saturated rings. The Morgan fingerprint density at radius 1 is 0.638 bits per heavy atom. The number of nitrogens with one attached hydrogen (secondary N) is 1. The molecule has 3 aromatic heterocycles. The number of aliphatic hydroxyl groups is 1. The van der Waals surface area contributed by atoms with Crippen LogP contribution in [0.15, 0.2) is 261 Å². The molecule has 12 heteroatoms. The van der Waals surface area contributed by atoms with E-state index in [4.69, 9.17) is 29.6 Å². The van der Waals surface area contributed by atoms with Crippen LogP contribution in [0.25, 0.3) is 16.7 Å². The van der Waals surface area contributed by atoms with Gasteiger partial charge in [-0.2, -0.15) is 5.10 Å². The first-order valence-corrected chi connectivity index (χ1v) is 35.9. The van der Waals surface area contributed by atoms with Gasteiger partial charge in [0.1, 0.15) is 28.2 Å². The minimum atomic E-state index is -2.25. The van der Waals surface area contributed by atoms with Crippen molar-refractivity contribution in [3.05, 3.63) is 317 Å². The molecule has 3 aliphatic carbocycles. The summed E-state index contributed by atoms with van der Waals surface area (Å²) in [6.45, 7) is 16.3. The van der Waals surface area contributed by atoms with Crippen LogP contribution in [0.4, 0.5) is 5.82 Å². The van der Waals surface area contributed by atoms with E-state index in [1.807, 2.05) is 10.9 Å². The summed E-state index contributed by atoms with van der Waals surface area (Å²) >= 11 is 0. The summed E-state index contributed by atoms with van der Waals surface area (Å²) in [6, 6.07) is 85.6. The van der Waals surface area contributed by atoms with Crippen molar-refractivity contribution >= 4 is 30.9 Å². The molecule has 0 unspecified atom stereocenters. The quantitative estimate of drug-likeness (QED) is 0.0426. The molecule has 3 aliphatic rings. The highest BCUT2D eigenvalue weighted by molar-refractivity contribution is 6.78. The Balaban J connectivity index is 1.05. The Bertz CT molecular complexity index is 4090. The normalized spacial score (nSPS) is 17.8. The van der Waals surface area contributed by atoms with Crippen LogP contribution in [0.3, 0.4) is 0 Å².